The molecule has 0 radical (unpaired) electrons. The van der Waals surface area contributed by atoms with Crippen LogP contribution in [-0.4, -0.2) is 62.0 Å². The molecule has 6 aromatic rings. The lowest BCUT2D eigenvalue weighted by atomic mass is 10.0. The van der Waals surface area contributed by atoms with E-state index in [1.807, 2.05) is 57.8 Å². The second kappa shape index (κ2) is 9.18. The molecule has 0 bridgehead atoms. The van der Waals surface area contributed by atoms with Gasteiger partial charge in [0.2, 0.25) is 0 Å². The van der Waals surface area contributed by atoms with E-state index in [-0.39, 0.29) is 5.82 Å². The Morgan fingerprint density at radius 3 is 2.62 bits per heavy atom. The van der Waals surface area contributed by atoms with Gasteiger partial charge in [-0.15, -0.1) is 0 Å². The van der Waals surface area contributed by atoms with E-state index < -0.39 is 0 Å². The first-order valence-electron chi connectivity index (χ1n) is 12.1. The summed E-state index contributed by atoms with van der Waals surface area (Å²) >= 11 is 0. The Balaban J connectivity index is 1.40. The molecule has 0 aliphatic carbocycles. The first-order valence-corrected chi connectivity index (χ1v) is 12.1. The number of aromatic nitrogens is 6. The second-order valence-corrected chi connectivity index (χ2v) is 9.50. The fourth-order valence-electron chi connectivity index (χ4n) is 4.63. The van der Waals surface area contributed by atoms with Gasteiger partial charge in [0, 0.05) is 65.6 Å². The van der Waals surface area contributed by atoms with Crippen LogP contribution in [0.3, 0.4) is 0 Å². The van der Waals surface area contributed by atoms with Crippen LogP contribution in [0.25, 0.3) is 55.6 Å². The Kier molecular flexibility index (Phi) is 5.69. The standard InChI is InChI=1S/C28H27FN8/c1-36(2)9-8-30-21-11-18(10-20(29)13-21)27-23-14-26(33-24(23)6-7-31-27)28-22-12-17(4-5-25(22)34-35-28)19-15-32-37(3)16-19/h4-7,10-16,30,33H,8-9H2,1-3H3,(H,34,35). The van der Waals surface area contributed by atoms with E-state index in [0.717, 1.165) is 63.1 Å². The Morgan fingerprint density at radius 2 is 1.81 bits per heavy atom. The number of hydrogen-bond acceptors (Lipinski definition) is 5. The maximum Gasteiger partial charge on any atom is 0.125 e. The van der Waals surface area contributed by atoms with E-state index in [2.05, 4.69) is 47.6 Å². The molecule has 0 amide bonds. The van der Waals surface area contributed by atoms with Crippen LogP contribution >= 0.6 is 0 Å². The molecular weight excluding hydrogens is 467 g/mol. The zero-order valence-electron chi connectivity index (χ0n) is 20.9. The summed E-state index contributed by atoms with van der Waals surface area (Å²) in [5, 5.41) is 17.2. The smallest absolute Gasteiger partial charge is 0.125 e. The van der Waals surface area contributed by atoms with Crippen molar-refractivity contribution in [3.63, 3.8) is 0 Å². The number of likely N-dealkylation sites (N-methyl/N-ethyl adjacent to an activating group) is 1. The Hall–Kier alpha value is -4.50. The molecule has 186 valence electrons. The third kappa shape index (κ3) is 4.45. The topological polar surface area (TPSA) is 90.4 Å². The zero-order valence-corrected chi connectivity index (χ0v) is 20.9. The summed E-state index contributed by atoms with van der Waals surface area (Å²) in [6, 6.07) is 15.1. The van der Waals surface area contributed by atoms with Gasteiger partial charge >= 0.3 is 0 Å². The number of benzene rings is 2. The van der Waals surface area contributed by atoms with Gasteiger partial charge in [-0.25, -0.2) is 4.39 Å². The number of nitrogens with one attached hydrogen (secondary N) is 3. The molecule has 0 aliphatic heterocycles. The van der Waals surface area contributed by atoms with Crippen LogP contribution in [0.4, 0.5) is 10.1 Å². The number of hydrogen-bond donors (Lipinski definition) is 3. The molecule has 4 aromatic heterocycles. The fourth-order valence-corrected chi connectivity index (χ4v) is 4.63. The van der Waals surface area contributed by atoms with Crippen molar-refractivity contribution in [2.45, 2.75) is 0 Å². The van der Waals surface area contributed by atoms with E-state index in [4.69, 9.17) is 0 Å². The maximum absolute atomic E-state index is 14.6. The number of nitrogens with zero attached hydrogens (tertiary/aromatic N) is 5. The molecule has 4 heterocycles. The number of anilines is 1. The number of pyridine rings is 1. The largest absolute Gasteiger partial charge is 0.384 e. The summed E-state index contributed by atoms with van der Waals surface area (Å²) in [4.78, 5) is 10.2. The number of halogens is 1. The number of rotatable bonds is 7. The maximum atomic E-state index is 14.6. The number of fused-ring (bicyclic) bond motifs is 2. The lowest BCUT2D eigenvalue weighted by molar-refractivity contribution is 0.425. The van der Waals surface area contributed by atoms with Crippen LogP contribution in [0.1, 0.15) is 0 Å². The molecule has 6 rings (SSSR count). The number of aromatic amines is 2. The Labute approximate surface area is 213 Å². The van der Waals surface area contributed by atoms with Crippen LogP contribution in [0, 0.1) is 5.82 Å². The van der Waals surface area contributed by atoms with Crippen LogP contribution in [0.5, 0.6) is 0 Å². The minimum Gasteiger partial charge on any atom is -0.384 e. The molecule has 0 spiro atoms. The zero-order chi connectivity index (χ0) is 25.5. The second-order valence-electron chi connectivity index (χ2n) is 9.50. The fraction of sp³-hybridized carbons (Fsp3) is 0.179. The minimum absolute atomic E-state index is 0.305. The van der Waals surface area contributed by atoms with Crippen LogP contribution in [-0.2, 0) is 7.05 Å². The third-order valence-electron chi connectivity index (χ3n) is 6.46. The highest BCUT2D eigenvalue weighted by atomic mass is 19.1. The van der Waals surface area contributed by atoms with Crippen molar-refractivity contribution in [2.75, 3.05) is 32.5 Å². The predicted molar refractivity (Wildman–Crippen MR) is 146 cm³/mol. The third-order valence-corrected chi connectivity index (χ3v) is 6.46. The Morgan fingerprint density at radius 1 is 0.946 bits per heavy atom. The molecule has 9 heteroatoms. The minimum atomic E-state index is -0.305. The molecule has 37 heavy (non-hydrogen) atoms. The summed E-state index contributed by atoms with van der Waals surface area (Å²) < 4.78 is 16.4. The molecule has 0 saturated heterocycles. The van der Waals surface area contributed by atoms with Crippen LogP contribution in [0.2, 0.25) is 0 Å². The molecule has 2 aromatic carbocycles. The highest BCUT2D eigenvalue weighted by Gasteiger charge is 2.16. The van der Waals surface area contributed by atoms with Gasteiger partial charge < -0.3 is 15.2 Å². The van der Waals surface area contributed by atoms with Crippen molar-refractivity contribution in [2.24, 2.45) is 7.05 Å². The van der Waals surface area contributed by atoms with E-state index in [1.54, 1.807) is 10.9 Å². The van der Waals surface area contributed by atoms with E-state index in [9.17, 15) is 4.39 Å². The molecule has 8 nitrogen and oxygen atoms in total. The van der Waals surface area contributed by atoms with Crippen molar-refractivity contribution in [3.05, 3.63) is 72.9 Å². The number of aryl methyl sites for hydroxylation is 1. The molecular formula is C28H27FN8. The normalized spacial score (nSPS) is 11.7. The first kappa shape index (κ1) is 22.9. The van der Waals surface area contributed by atoms with Gasteiger partial charge in [0.05, 0.1) is 23.1 Å². The predicted octanol–water partition coefficient (Wildman–Crippen LogP) is 5.29. The number of H-pyrrole nitrogens is 2. The van der Waals surface area contributed by atoms with Gasteiger partial charge in [-0.3, -0.25) is 14.8 Å². The summed E-state index contributed by atoms with van der Waals surface area (Å²) in [6.07, 6.45) is 5.58. The Bertz CT molecular complexity index is 1730. The van der Waals surface area contributed by atoms with Gasteiger partial charge in [-0.1, -0.05) is 6.07 Å². The van der Waals surface area contributed by atoms with Crippen LogP contribution < -0.4 is 5.32 Å². The molecule has 0 aliphatic rings. The van der Waals surface area contributed by atoms with Crippen molar-refractivity contribution < 1.29 is 4.39 Å². The first-order chi connectivity index (χ1) is 17.9. The highest BCUT2D eigenvalue weighted by Crippen LogP contribution is 2.35. The van der Waals surface area contributed by atoms with Gasteiger partial charge in [0.1, 0.15) is 11.5 Å². The van der Waals surface area contributed by atoms with Crippen LogP contribution in [0.15, 0.2) is 67.1 Å². The molecule has 0 unspecified atom stereocenters. The van der Waals surface area contributed by atoms with Gasteiger partial charge in [0.25, 0.3) is 0 Å². The van der Waals surface area contributed by atoms with Crippen molar-refractivity contribution >= 4 is 27.5 Å². The lowest BCUT2D eigenvalue weighted by Gasteiger charge is -2.12. The lowest BCUT2D eigenvalue weighted by Crippen LogP contribution is -2.20. The average Bonchev–Trinajstić information content (AvgIpc) is 3.60. The van der Waals surface area contributed by atoms with E-state index in [0.29, 0.717) is 11.3 Å². The van der Waals surface area contributed by atoms with Gasteiger partial charge in [-0.2, -0.15) is 10.2 Å². The quantitative estimate of drug-likeness (QED) is 0.281. The van der Waals surface area contributed by atoms with E-state index in [1.165, 1.54) is 12.1 Å². The summed E-state index contributed by atoms with van der Waals surface area (Å²) in [7, 11) is 5.92. The van der Waals surface area contributed by atoms with Gasteiger partial charge in [-0.05, 0) is 62.1 Å². The molecule has 0 atom stereocenters. The molecule has 0 saturated carbocycles. The summed E-state index contributed by atoms with van der Waals surface area (Å²) in [6.45, 7) is 1.57. The van der Waals surface area contributed by atoms with E-state index >= 15 is 0 Å². The summed E-state index contributed by atoms with van der Waals surface area (Å²) in [5.74, 6) is -0.305. The van der Waals surface area contributed by atoms with Gasteiger partial charge in [0.15, 0.2) is 0 Å². The molecule has 0 fully saturated rings. The van der Waals surface area contributed by atoms with Crippen molar-refractivity contribution in [1.29, 1.82) is 0 Å². The SMILES string of the molecule is CN(C)CCNc1cc(F)cc(-c2nccc3[nH]c(-c4n[nH]c5ccc(-c6cnn(C)c6)cc45)cc23)c1. The van der Waals surface area contributed by atoms with Crippen molar-refractivity contribution in [1.82, 2.24) is 34.8 Å². The average molecular weight is 495 g/mol. The van der Waals surface area contributed by atoms with Crippen molar-refractivity contribution in [3.8, 4) is 33.8 Å². The highest BCUT2D eigenvalue weighted by molar-refractivity contribution is 6.01. The molecule has 3 N–H and O–H groups in total. The monoisotopic (exact) mass is 494 g/mol. The summed E-state index contributed by atoms with van der Waals surface area (Å²) in [5.41, 5.74) is 7.79.